The number of carbonyl (C=O) groups excluding carboxylic acids is 2. The molecule has 25 heavy (non-hydrogen) atoms. The minimum Gasteiger partial charge on any atom is -0.492 e. The molecule has 0 saturated carbocycles. The average molecular weight is 342 g/mol. The molecule has 2 amide bonds. The number of nitrogens with one attached hydrogen (secondary N) is 2. The number of hydrogen-bond acceptors (Lipinski definition) is 4. The summed E-state index contributed by atoms with van der Waals surface area (Å²) in [4.78, 5) is 23.0. The van der Waals surface area contributed by atoms with Gasteiger partial charge in [-0.3, -0.25) is 9.59 Å². The van der Waals surface area contributed by atoms with E-state index < -0.39 is 11.8 Å². The molecule has 0 heterocycles. The van der Waals surface area contributed by atoms with Crippen LogP contribution in [0.5, 0.6) is 5.75 Å². The van der Waals surface area contributed by atoms with Gasteiger partial charge in [0.25, 0.3) is 0 Å². The Morgan fingerprint density at radius 2 is 1.36 bits per heavy atom. The van der Waals surface area contributed by atoms with Gasteiger partial charge in [0.05, 0.1) is 13.2 Å². The molecule has 0 atom stereocenters. The van der Waals surface area contributed by atoms with Crippen molar-refractivity contribution >= 4 is 11.8 Å². The Morgan fingerprint density at radius 1 is 0.800 bits per heavy atom. The highest BCUT2D eigenvalue weighted by atomic mass is 16.5. The summed E-state index contributed by atoms with van der Waals surface area (Å²) >= 11 is 0. The number of benzene rings is 2. The van der Waals surface area contributed by atoms with Crippen LogP contribution in [0.3, 0.4) is 0 Å². The molecular weight excluding hydrogens is 320 g/mol. The largest absolute Gasteiger partial charge is 0.492 e. The maximum Gasteiger partial charge on any atom is 0.309 e. The molecule has 2 aromatic rings. The second-order valence-corrected chi connectivity index (χ2v) is 5.24. The van der Waals surface area contributed by atoms with E-state index >= 15 is 0 Å². The molecule has 6 heteroatoms. The fourth-order valence-electron chi connectivity index (χ4n) is 2.13. The maximum atomic E-state index is 11.5. The topological polar surface area (TPSA) is 76.7 Å². The van der Waals surface area contributed by atoms with Crippen LogP contribution in [0, 0.1) is 0 Å². The Kier molecular flexibility index (Phi) is 7.46. The van der Waals surface area contributed by atoms with Gasteiger partial charge in [-0.15, -0.1) is 0 Å². The zero-order valence-corrected chi connectivity index (χ0v) is 14.2. The predicted octanol–water partition coefficient (Wildman–Crippen LogP) is 1.61. The van der Waals surface area contributed by atoms with Crippen LogP contribution in [-0.2, 0) is 14.3 Å². The first-order chi connectivity index (χ1) is 12.2. The highest BCUT2D eigenvalue weighted by molar-refractivity contribution is 6.35. The van der Waals surface area contributed by atoms with Gasteiger partial charge < -0.3 is 20.1 Å². The maximum absolute atomic E-state index is 11.5. The van der Waals surface area contributed by atoms with Crippen LogP contribution in [0.1, 0.15) is 0 Å². The van der Waals surface area contributed by atoms with Gasteiger partial charge in [0.1, 0.15) is 12.4 Å². The van der Waals surface area contributed by atoms with Gasteiger partial charge in [-0.05, 0) is 23.3 Å². The van der Waals surface area contributed by atoms with Crippen molar-refractivity contribution in [3.8, 4) is 16.9 Å². The van der Waals surface area contributed by atoms with Crippen LogP contribution in [0.15, 0.2) is 54.6 Å². The summed E-state index contributed by atoms with van der Waals surface area (Å²) in [6.45, 7) is 1.19. The summed E-state index contributed by atoms with van der Waals surface area (Å²) < 4.78 is 10.3. The molecule has 0 aliphatic heterocycles. The van der Waals surface area contributed by atoms with Crippen molar-refractivity contribution < 1.29 is 19.1 Å². The third kappa shape index (κ3) is 6.27. The summed E-state index contributed by atoms with van der Waals surface area (Å²) in [6, 6.07) is 17.8. The Balaban J connectivity index is 1.70. The molecule has 0 fully saturated rings. The molecule has 0 saturated heterocycles. The number of rotatable bonds is 8. The number of carbonyl (C=O) groups is 2. The molecule has 0 unspecified atom stereocenters. The van der Waals surface area contributed by atoms with Gasteiger partial charge in [-0.2, -0.15) is 0 Å². The standard InChI is InChI=1S/C19H22N2O4/c1-24-13-11-20-18(22)19(23)21-12-14-25-17-9-7-16(8-10-17)15-5-3-2-4-6-15/h2-10H,11-14H2,1H3,(H,20,22)(H,21,23). The summed E-state index contributed by atoms with van der Waals surface area (Å²) in [5.41, 5.74) is 2.25. The van der Waals surface area contributed by atoms with Gasteiger partial charge in [-0.25, -0.2) is 0 Å². The van der Waals surface area contributed by atoms with Crippen LogP contribution in [0.25, 0.3) is 11.1 Å². The molecule has 6 nitrogen and oxygen atoms in total. The third-order valence-electron chi connectivity index (χ3n) is 3.42. The Labute approximate surface area is 147 Å². The molecular formula is C19H22N2O4. The normalized spacial score (nSPS) is 10.1. The number of ether oxygens (including phenoxy) is 2. The lowest BCUT2D eigenvalue weighted by atomic mass is 10.1. The highest BCUT2D eigenvalue weighted by Gasteiger charge is 2.11. The summed E-state index contributed by atoms with van der Waals surface area (Å²) in [5.74, 6) is -0.651. The van der Waals surface area contributed by atoms with E-state index in [-0.39, 0.29) is 13.2 Å². The molecule has 0 aliphatic rings. The van der Waals surface area contributed by atoms with Crippen molar-refractivity contribution in [1.82, 2.24) is 10.6 Å². The summed E-state index contributed by atoms with van der Waals surface area (Å²) in [7, 11) is 1.52. The second kappa shape index (κ2) is 10.1. The van der Waals surface area contributed by atoms with E-state index in [1.165, 1.54) is 7.11 Å². The van der Waals surface area contributed by atoms with Gasteiger partial charge >= 0.3 is 11.8 Å². The molecule has 0 aliphatic carbocycles. The summed E-state index contributed by atoms with van der Waals surface area (Å²) in [6.07, 6.45) is 0. The van der Waals surface area contributed by atoms with Crippen molar-refractivity contribution in [2.24, 2.45) is 0 Å². The van der Waals surface area contributed by atoms with E-state index in [2.05, 4.69) is 10.6 Å². The third-order valence-corrected chi connectivity index (χ3v) is 3.42. The quantitative estimate of drug-likeness (QED) is 0.564. The first-order valence-electron chi connectivity index (χ1n) is 8.04. The van der Waals surface area contributed by atoms with Crippen molar-refractivity contribution in [3.05, 3.63) is 54.6 Å². The fraction of sp³-hybridized carbons (Fsp3) is 0.263. The van der Waals surface area contributed by atoms with E-state index in [0.717, 1.165) is 11.1 Å². The second-order valence-electron chi connectivity index (χ2n) is 5.24. The van der Waals surface area contributed by atoms with E-state index in [4.69, 9.17) is 9.47 Å². The van der Waals surface area contributed by atoms with Crippen molar-refractivity contribution in [1.29, 1.82) is 0 Å². The van der Waals surface area contributed by atoms with Crippen LogP contribution in [-0.4, -0.2) is 45.2 Å². The molecule has 0 spiro atoms. The Hall–Kier alpha value is -2.86. The van der Waals surface area contributed by atoms with Gasteiger partial charge in [-0.1, -0.05) is 42.5 Å². The molecule has 2 rings (SSSR count). The van der Waals surface area contributed by atoms with Crippen LogP contribution in [0.2, 0.25) is 0 Å². The van der Waals surface area contributed by atoms with E-state index in [9.17, 15) is 9.59 Å². The van der Waals surface area contributed by atoms with Crippen molar-refractivity contribution in [2.45, 2.75) is 0 Å². The predicted molar refractivity (Wildman–Crippen MR) is 95.3 cm³/mol. The van der Waals surface area contributed by atoms with Crippen molar-refractivity contribution in [3.63, 3.8) is 0 Å². The molecule has 2 aromatic carbocycles. The number of methoxy groups -OCH3 is 1. The SMILES string of the molecule is COCCNC(=O)C(=O)NCCOc1ccc(-c2ccccc2)cc1. The Bertz CT molecular complexity index is 672. The van der Waals surface area contributed by atoms with Gasteiger partial charge in [0, 0.05) is 13.7 Å². The first-order valence-corrected chi connectivity index (χ1v) is 8.04. The van der Waals surface area contributed by atoms with Gasteiger partial charge in [0.2, 0.25) is 0 Å². The van der Waals surface area contributed by atoms with Crippen LogP contribution in [0.4, 0.5) is 0 Å². The molecule has 0 bridgehead atoms. The van der Waals surface area contributed by atoms with E-state index in [0.29, 0.717) is 18.9 Å². The highest BCUT2D eigenvalue weighted by Crippen LogP contribution is 2.21. The lowest BCUT2D eigenvalue weighted by Gasteiger charge is -2.09. The lowest BCUT2D eigenvalue weighted by Crippen LogP contribution is -2.42. The average Bonchev–Trinajstić information content (AvgIpc) is 2.66. The van der Waals surface area contributed by atoms with E-state index in [1.54, 1.807) is 0 Å². The number of amides is 2. The van der Waals surface area contributed by atoms with Crippen LogP contribution >= 0.6 is 0 Å². The minimum absolute atomic E-state index is 0.247. The van der Waals surface area contributed by atoms with Crippen LogP contribution < -0.4 is 15.4 Å². The monoisotopic (exact) mass is 342 g/mol. The summed E-state index contributed by atoms with van der Waals surface area (Å²) in [5, 5.41) is 4.95. The molecule has 132 valence electrons. The fourth-order valence-corrected chi connectivity index (χ4v) is 2.13. The van der Waals surface area contributed by atoms with Crippen molar-refractivity contribution in [2.75, 3.05) is 33.4 Å². The Morgan fingerprint density at radius 3 is 1.96 bits per heavy atom. The number of hydrogen-bond donors (Lipinski definition) is 2. The molecule has 2 N–H and O–H groups in total. The lowest BCUT2D eigenvalue weighted by molar-refractivity contribution is -0.139. The smallest absolute Gasteiger partial charge is 0.309 e. The van der Waals surface area contributed by atoms with Gasteiger partial charge in [0.15, 0.2) is 0 Å². The minimum atomic E-state index is -0.681. The zero-order chi connectivity index (χ0) is 17.9. The molecule has 0 radical (unpaired) electrons. The zero-order valence-electron chi connectivity index (χ0n) is 14.2. The van der Waals surface area contributed by atoms with E-state index in [1.807, 2.05) is 54.6 Å². The first kappa shape index (κ1) is 18.5. The molecule has 0 aromatic heterocycles.